The molecule has 0 aliphatic heterocycles. The molecule has 0 aliphatic rings. The van der Waals surface area contributed by atoms with Crippen LogP contribution in [0.25, 0.3) is 11.0 Å². The van der Waals surface area contributed by atoms with E-state index in [1.54, 1.807) is 6.20 Å². The van der Waals surface area contributed by atoms with E-state index in [2.05, 4.69) is 25.9 Å². The zero-order valence-electron chi connectivity index (χ0n) is 10.2. The first-order valence-corrected chi connectivity index (χ1v) is 5.90. The maximum atomic E-state index is 4.55. The molecule has 0 radical (unpaired) electrons. The third kappa shape index (κ3) is 1.93. The number of hydrogen-bond acceptors (Lipinski definition) is 3. The molecule has 0 unspecified atom stereocenters. The first-order valence-electron chi connectivity index (χ1n) is 5.90. The van der Waals surface area contributed by atoms with Crippen LogP contribution in [-0.2, 0) is 13.6 Å². The van der Waals surface area contributed by atoms with E-state index >= 15 is 0 Å². The maximum absolute atomic E-state index is 4.55. The second-order valence-electron chi connectivity index (χ2n) is 4.16. The number of benzene rings is 1. The van der Waals surface area contributed by atoms with Gasteiger partial charge in [0.05, 0.1) is 23.3 Å². The highest BCUT2D eigenvalue weighted by atomic mass is 15.2. The average Bonchev–Trinajstić information content (AvgIpc) is 2.75. The van der Waals surface area contributed by atoms with Gasteiger partial charge in [-0.3, -0.25) is 4.98 Å². The molecule has 0 spiro atoms. The molecule has 3 rings (SSSR count). The van der Waals surface area contributed by atoms with Crippen molar-refractivity contribution in [1.82, 2.24) is 14.5 Å². The molecule has 0 atom stereocenters. The topological polar surface area (TPSA) is 42.7 Å². The van der Waals surface area contributed by atoms with E-state index in [4.69, 9.17) is 0 Å². The monoisotopic (exact) mass is 238 g/mol. The molecule has 90 valence electrons. The first kappa shape index (κ1) is 10.8. The van der Waals surface area contributed by atoms with Crippen LogP contribution in [0.5, 0.6) is 0 Å². The van der Waals surface area contributed by atoms with Crippen molar-refractivity contribution in [2.45, 2.75) is 6.54 Å². The molecule has 0 bridgehead atoms. The maximum Gasteiger partial charge on any atom is 0.203 e. The molecule has 0 aliphatic carbocycles. The van der Waals surface area contributed by atoms with Crippen molar-refractivity contribution in [3.8, 4) is 0 Å². The number of rotatable bonds is 3. The smallest absolute Gasteiger partial charge is 0.203 e. The fraction of sp³-hybridized carbons (Fsp3) is 0.143. The Morgan fingerprint density at radius 1 is 1.11 bits per heavy atom. The van der Waals surface area contributed by atoms with E-state index in [1.807, 2.05) is 43.4 Å². The molecule has 0 saturated heterocycles. The number of nitrogens with one attached hydrogen (secondary N) is 1. The number of fused-ring (bicyclic) bond motifs is 1. The van der Waals surface area contributed by atoms with Gasteiger partial charge >= 0.3 is 0 Å². The lowest BCUT2D eigenvalue weighted by molar-refractivity contribution is 0.916. The lowest BCUT2D eigenvalue weighted by Gasteiger charge is -2.05. The van der Waals surface area contributed by atoms with Crippen molar-refractivity contribution in [3.05, 3.63) is 54.4 Å². The summed E-state index contributed by atoms with van der Waals surface area (Å²) in [6.45, 7) is 0.679. The summed E-state index contributed by atoms with van der Waals surface area (Å²) in [5, 5.41) is 3.31. The van der Waals surface area contributed by atoms with Gasteiger partial charge in [0.15, 0.2) is 0 Å². The largest absolute Gasteiger partial charge is 0.350 e. The highest BCUT2D eigenvalue weighted by Crippen LogP contribution is 2.17. The highest BCUT2D eigenvalue weighted by molar-refractivity contribution is 5.78. The summed E-state index contributed by atoms with van der Waals surface area (Å²) in [6.07, 6.45) is 1.80. The number of nitrogens with zero attached hydrogens (tertiary/aromatic N) is 3. The summed E-state index contributed by atoms with van der Waals surface area (Å²) >= 11 is 0. The van der Waals surface area contributed by atoms with Crippen LogP contribution in [-0.4, -0.2) is 14.5 Å². The number of anilines is 1. The van der Waals surface area contributed by atoms with Gasteiger partial charge in [-0.05, 0) is 24.3 Å². The van der Waals surface area contributed by atoms with Crippen LogP contribution in [0.1, 0.15) is 5.69 Å². The van der Waals surface area contributed by atoms with Crippen LogP contribution in [0.4, 0.5) is 5.95 Å². The summed E-state index contributed by atoms with van der Waals surface area (Å²) in [4.78, 5) is 8.83. The Hall–Kier alpha value is -2.36. The molecular weight excluding hydrogens is 224 g/mol. The lowest BCUT2D eigenvalue weighted by atomic mass is 10.3. The van der Waals surface area contributed by atoms with Gasteiger partial charge < -0.3 is 9.88 Å². The molecule has 1 N–H and O–H groups in total. The van der Waals surface area contributed by atoms with Crippen LogP contribution in [0.2, 0.25) is 0 Å². The van der Waals surface area contributed by atoms with Gasteiger partial charge in [-0.1, -0.05) is 18.2 Å². The Morgan fingerprint density at radius 2 is 1.94 bits per heavy atom. The van der Waals surface area contributed by atoms with Gasteiger partial charge in [-0.15, -0.1) is 0 Å². The minimum atomic E-state index is 0.679. The van der Waals surface area contributed by atoms with Crippen LogP contribution in [0.15, 0.2) is 48.7 Å². The average molecular weight is 238 g/mol. The van der Waals surface area contributed by atoms with Crippen molar-refractivity contribution in [2.75, 3.05) is 5.32 Å². The van der Waals surface area contributed by atoms with E-state index in [0.717, 1.165) is 22.7 Å². The third-order valence-electron chi connectivity index (χ3n) is 2.94. The number of aromatic nitrogens is 3. The predicted molar refractivity (Wildman–Crippen MR) is 72.3 cm³/mol. The Balaban J connectivity index is 1.85. The molecule has 1 aromatic carbocycles. The molecule has 0 saturated carbocycles. The number of pyridine rings is 1. The molecule has 2 aromatic heterocycles. The van der Waals surface area contributed by atoms with E-state index < -0.39 is 0 Å². The van der Waals surface area contributed by atoms with E-state index in [1.165, 1.54) is 0 Å². The van der Waals surface area contributed by atoms with Crippen LogP contribution in [0.3, 0.4) is 0 Å². The molecule has 2 heterocycles. The summed E-state index contributed by atoms with van der Waals surface area (Å²) in [6, 6.07) is 14.0. The minimum absolute atomic E-state index is 0.679. The van der Waals surface area contributed by atoms with E-state index in [-0.39, 0.29) is 0 Å². The SMILES string of the molecule is Cn1c(NCc2ccccn2)nc2ccccc21. The van der Waals surface area contributed by atoms with Gasteiger partial charge in [-0.25, -0.2) is 4.98 Å². The van der Waals surface area contributed by atoms with Crippen molar-refractivity contribution >= 4 is 17.0 Å². The van der Waals surface area contributed by atoms with Crippen molar-refractivity contribution in [2.24, 2.45) is 7.05 Å². The zero-order valence-corrected chi connectivity index (χ0v) is 10.2. The Labute approximate surface area is 105 Å². The highest BCUT2D eigenvalue weighted by Gasteiger charge is 2.06. The number of para-hydroxylation sites is 2. The molecule has 0 fully saturated rings. The molecular formula is C14H14N4. The third-order valence-corrected chi connectivity index (χ3v) is 2.94. The fourth-order valence-corrected chi connectivity index (χ4v) is 1.98. The number of aryl methyl sites for hydroxylation is 1. The van der Waals surface area contributed by atoms with Crippen LogP contribution < -0.4 is 5.32 Å². The van der Waals surface area contributed by atoms with Gasteiger partial charge in [-0.2, -0.15) is 0 Å². The minimum Gasteiger partial charge on any atom is -0.350 e. The van der Waals surface area contributed by atoms with Crippen molar-refractivity contribution in [3.63, 3.8) is 0 Å². The predicted octanol–water partition coefficient (Wildman–Crippen LogP) is 2.58. The fourth-order valence-electron chi connectivity index (χ4n) is 1.98. The van der Waals surface area contributed by atoms with E-state index in [0.29, 0.717) is 6.54 Å². The van der Waals surface area contributed by atoms with Crippen molar-refractivity contribution in [1.29, 1.82) is 0 Å². The quantitative estimate of drug-likeness (QED) is 0.762. The molecule has 18 heavy (non-hydrogen) atoms. The van der Waals surface area contributed by atoms with E-state index in [9.17, 15) is 0 Å². The Bertz CT molecular complexity index is 658. The first-order chi connectivity index (χ1) is 8.84. The Morgan fingerprint density at radius 3 is 2.72 bits per heavy atom. The molecule has 4 nitrogen and oxygen atoms in total. The zero-order chi connectivity index (χ0) is 12.4. The second-order valence-corrected chi connectivity index (χ2v) is 4.16. The lowest BCUT2D eigenvalue weighted by Crippen LogP contribution is -2.05. The summed E-state index contributed by atoms with van der Waals surface area (Å²) in [5.74, 6) is 0.863. The van der Waals surface area contributed by atoms with Gasteiger partial charge in [0.2, 0.25) is 5.95 Å². The van der Waals surface area contributed by atoms with Crippen LogP contribution in [0, 0.1) is 0 Å². The second kappa shape index (κ2) is 4.49. The van der Waals surface area contributed by atoms with Gasteiger partial charge in [0.1, 0.15) is 0 Å². The summed E-state index contributed by atoms with van der Waals surface area (Å²) < 4.78 is 2.05. The standard InChI is InChI=1S/C14H14N4/c1-18-13-8-3-2-7-12(13)17-14(18)16-10-11-6-4-5-9-15-11/h2-9H,10H2,1H3,(H,16,17). The molecule has 4 heteroatoms. The number of imidazole rings is 1. The molecule has 3 aromatic rings. The van der Waals surface area contributed by atoms with Gasteiger partial charge in [0, 0.05) is 13.2 Å². The normalized spacial score (nSPS) is 10.7. The van der Waals surface area contributed by atoms with Gasteiger partial charge in [0.25, 0.3) is 0 Å². The summed E-state index contributed by atoms with van der Waals surface area (Å²) in [5.41, 5.74) is 3.13. The number of hydrogen-bond donors (Lipinski definition) is 1. The molecule has 0 amide bonds. The van der Waals surface area contributed by atoms with Crippen LogP contribution >= 0.6 is 0 Å². The Kier molecular flexibility index (Phi) is 2.68. The summed E-state index contributed by atoms with van der Waals surface area (Å²) in [7, 11) is 2.01. The van der Waals surface area contributed by atoms with Crippen molar-refractivity contribution < 1.29 is 0 Å².